The molecule has 0 spiro atoms. The standard InChI is InChI=1S/C15H15FN4O/c1-2-7-21-15-9-14-13(8-12(15)17)18-20(19-14)11-5-3-10(16)4-6-11/h3-6,8-9H,2,7,17H2,1H3. The highest BCUT2D eigenvalue weighted by Crippen LogP contribution is 2.26. The molecule has 1 aromatic heterocycles. The predicted molar refractivity (Wildman–Crippen MR) is 79.0 cm³/mol. The van der Waals surface area contributed by atoms with E-state index in [1.54, 1.807) is 24.3 Å². The summed E-state index contributed by atoms with van der Waals surface area (Å²) >= 11 is 0. The lowest BCUT2D eigenvalue weighted by Crippen LogP contribution is -1.98. The van der Waals surface area contributed by atoms with Crippen molar-refractivity contribution in [2.24, 2.45) is 0 Å². The molecule has 3 aromatic rings. The zero-order valence-electron chi connectivity index (χ0n) is 11.6. The fraction of sp³-hybridized carbons (Fsp3) is 0.200. The second-order valence-corrected chi connectivity index (χ2v) is 4.69. The van der Waals surface area contributed by atoms with Crippen LogP contribution in [0.4, 0.5) is 10.1 Å². The minimum atomic E-state index is -0.296. The Morgan fingerprint density at radius 3 is 2.48 bits per heavy atom. The van der Waals surface area contributed by atoms with Crippen LogP contribution in [0, 0.1) is 5.82 Å². The molecule has 0 aliphatic heterocycles. The first-order valence-electron chi connectivity index (χ1n) is 6.72. The van der Waals surface area contributed by atoms with Gasteiger partial charge in [-0.1, -0.05) is 6.92 Å². The van der Waals surface area contributed by atoms with Gasteiger partial charge in [0, 0.05) is 6.07 Å². The van der Waals surface area contributed by atoms with Crippen LogP contribution in [-0.4, -0.2) is 21.6 Å². The van der Waals surface area contributed by atoms with E-state index in [4.69, 9.17) is 10.5 Å². The Bertz CT molecular complexity index is 767. The Hall–Kier alpha value is -2.63. The number of hydrogen-bond acceptors (Lipinski definition) is 4. The molecule has 0 fully saturated rings. The summed E-state index contributed by atoms with van der Waals surface area (Å²) in [6.07, 6.45) is 0.903. The van der Waals surface area contributed by atoms with Gasteiger partial charge in [0.2, 0.25) is 0 Å². The number of anilines is 1. The molecular weight excluding hydrogens is 271 g/mol. The average molecular weight is 286 g/mol. The van der Waals surface area contributed by atoms with Crippen molar-refractivity contribution in [3.8, 4) is 11.4 Å². The number of halogens is 1. The van der Waals surface area contributed by atoms with Gasteiger partial charge in [0.05, 0.1) is 18.0 Å². The number of nitrogen functional groups attached to an aromatic ring is 1. The number of aromatic nitrogens is 3. The van der Waals surface area contributed by atoms with Gasteiger partial charge in [0.1, 0.15) is 22.6 Å². The summed E-state index contributed by atoms with van der Waals surface area (Å²) < 4.78 is 18.5. The van der Waals surface area contributed by atoms with Gasteiger partial charge in [0.25, 0.3) is 0 Å². The molecule has 2 aromatic carbocycles. The lowest BCUT2D eigenvalue weighted by molar-refractivity contribution is 0.319. The highest BCUT2D eigenvalue weighted by Gasteiger charge is 2.09. The van der Waals surface area contributed by atoms with E-state index < -0.39 is 0 Å². The van der Waals surface area contributed by atoms with E-state index >= 15 is 0 Å². The zero-order valence-corrected chi connectivity index (χ0v) is 11.6. The lowest BCUT2D eigenvalue weighted by Gasteiger charge is -2.06. The minimum absolute atomic E-state index is 0.296. The smallest absolute Gasteiger partial charge is 0.144 e. The Morgan fingerprint density at radius 1 is 1.14 bits per heavy atom. The first kappa shape index (κ1) is 13.4. The molecule has 0 aliphatic rings. The molecule has 5 nitrogen and oxygen atoms in total. The summed E-state index contributed by atoms with van der Waals surface area (Å²) in [4.78, 5) is 1.45. The van der Waals surface area contributed by atoms with Crippen LogP contribution in [0.25, 0.3) is 16.7 Å². The highest BCUT2D eigenvalue weighted by molar-refractivity contribution is 5.81. The van der Waals surface area contributed by atoms with Crippen LogP contribution in [0.3, 0.4) is 0 Å². The predicted octanol–water partition coefficient (Wildman–Crippen LogP) is 2.93. The molecule has 0 bridgehead atoms. The first-order valence-corrected chi connectivity index (χ1v) is 6.72. The van der Waals surface area contributed by atoms with Crippen LogP contribution < -0.4 is 10.5 Å². The van der Waals surface area contributed by atoms with Gasteiger partial charge >= 0.3 is 0 Å². The molecule has 0 saturated carbocycles. The summed E-state index contributed by atoms with van der Waals surface area (Å²) in [5, 5.41) is 8.71. The topological polar surface area (TPSA) is 66.0 Å². The quantitative estimate of drug-likeness (QED) is 0.749. The fourth-order valence-electron chi connectivity index (χ4n) is 1.99. The van der Waals surface area contributed by atoms with Gasteiger partial charge in [-0.3, -0.25) is 0 Å². The number of nitrogens with zero attached hydrogens (tertiary/aromatic N) is 3. The molecule has 2 N–H and O–H groups in total. The van der Waals surface area contributed by atoms with Crippen LogP contribution in [-0.2, 0) is 0 Å². The summed E-state index contributed by atoms with van der Waals surface area (Å²) in [5.41, 5.74) is 8.50. The van der Waals surface area contributed by atoms with Crippen molar-refractivity contribution in [3.63, 3.8) is 0 Å². The van der Waals surface area contributed by atoms with Crippen LogP contribution in [0.15, 0.2) is 36.4 Å². The molecule has 108 valence electrons. The maximum Gasteiger partial charge on any atom is 0.144 e. The molecule has 3 rings (SSSR count). The van der Waals surface area contributed by atoms with Crippen LogP contribution in [0.1, 0.15) is 13.3 Å². The molecular formula is C15H15FN4O. The van der Waals surface area contributed by atoms with Crippen molar-refractivity contribution < 1.29 is 9.13 Å². The second-order valence-electron chi connectivity index (χ2n) is 4.69. The number of hydrogen-bond donors (Lipinski definition) is 1. The number of nitrogens with two attached hydrogens (primary N) is 1. The SMILES string of the molecule is CCCOc1cc2nn(-c3ccc(F)cc3)nc2cc1N. The van der Waals surface area contributed by atoms with Crippen molar-refractivity contribution in [2.75, 3.05) is 12.3 Å². The Labute approximate surface area is 121 Å². The summed E-state index contributed by atoms with van der Waals surface area (Å²) in [5.74, 6) is 0.311. The molecule has 6 heteroatoms. The maximum atomic E-state index is 12.9. The molecule has 21 heavy (non-hydrogen) atoms. The van der Waals surface area contributed by atoms with E-state index in [1.807, 2.05) is 6.92 Å². The van der Waals surface area contributed by atoms with E-state index in [9.17, 15) is 4.39 Å². The number of rotatable bonds is 4. The molecule has 0 atom stereocenters. The fourth-order valence-corrected chi connectivity index (χ4v) is 1.99. The number of benzene rings is 2. The average Bonchev–Trinajstić information content (AvgIpc) is 2.88. The molecule has 0 saturated heterocycles. The zero-order chi connectivity index (χ0) is 14.8. The molecule has 1 heterocycles. The summed E-state index contributed by atoms with van der Waals surface area (Å²) in [6, 6.07) is 9.47. The van der Waals surface area contributed by atoms with E-state index in [0.717, 1.165) is 6.42 Å². The third-order valence-electron chi connectivity index (χ3n) is 3.03. The van der Waals surface area contributed by atoms with Crippen LogP contribution in [0.2, 0.25) is 0 Å². The van der Waals surface area contributed by atoms with Crippen LogP contribution in [0.5, 0.6) is 5.75 Å². The third kappa shape index (κ3) is 2.65. The Morgan fingerprint density at radius 2 is 1.81 bits per heavy atom. The van der Waals surface area contributed by atoms with Crippen LogP contribution >= 0.6 is 0 Å². The van der Waals surface area contributed by atoms with E-state index in [2.05, 4.69) is 10.2 Å². The molecule has 0 aliphatic carbocycles. The van der Waals surface area contributed by atoms with E-state index in [-0.39, 0.29) is 5.82 Å². The van der Waals surface area contributed by atoms with Crippen molar-refractivity contribution >= 4 is 16.7 Å². The number of fused-ring (bicyclic) bond motifs is 1. The van der Waals surface area contributed by atoms with Gasteiger partial charge in [-0.2, -0.15) is 4.80 Å². The van der Waals surface area contributed by atoms with E-state index in [1.165, 1.54) is 16.9 Å². The van der Waals surface area contributed by atoms with Gasteiger partial charge in [0.15, 0.2) is 0 Å². The first-order chi connectivity index (χ1) is 10.2. The van der Waals surface area contributed by atoms with Crippen molar-refractivity contribution in [2.45, 2.75) is 13.3 Å². The van der Waals surface area contributed by atoms with Gasteiger partial charge in [-0.15, -0.1) is 10.2 Å². The summed E-state index contributed by atoms with van der Waals surface area (Å²) in [6.45, 7) is 2.63. The minimum Gasteiger partial charge on any atom is -0.491 e. The van der Waals surface area contributed by atoms with Gasteiger partial charge < -0.3 is 10.5 Å². The van der Waals surface area contributed by atoms with Gasteiger partial charge in [-0.25, -0.2) is 4.39 Å². The Kier molecular flexibility index (Phi) is 3.43. The third-order valence-corrected chi connectivity index (χ3v) is 3.03. The monoisotopic (exact) mass is 286 g/mol. The highest BCUT2D eigenvalue weighted by atomic mass is 19.1. The molecule has 0 unspecified atom stereocenters. The number of ether oxygens (including phenoxy) is 1. The van der Waals surface area contributed by atoms with Crippen molar-refractivity contribution in [1.29, 1.82) is 0 Å². The van der Waals surface area contributed by atoms with E-state index in [0.29, 0.717) is 34.8 Å². The lowest BCUT2D eigenvalue weighted by atomic mass is 10.2. The molecule has 0 amide bonds. The second kappa shape index (κ2) is 5.40. The largest absolute Gasteiger partial charge is 0.491 e. The Balaban J connectivity index is 2.01. The molecule has 0 radical (unpaired) electrons. The summed E-state index contributed by atoms with van der Waals surface area (Å²) in [7, 11) is 0. The van der Waals surface area contributed by atoms with Crippen molar-refractivity contribution in [1.82, 2.24) is 15.0 Å². The van der Waals surface area contributed by atoms with Gasteiger partial charge in [-0.05, 0) is 36.8 Å². The van der Waals surface area contributed by atoms with Crippen molar-refractivity contribution in [3.05, 3.63) is 42.2 Å². The maximum absolute atomic E-state index is 12.9. The normalized spacial score (nSPS) is 11.0.